The highest BCUT2D eigenvalue weighted by Gasteiger charge is 2.17. The predicted octanol–water partition coefficient (Wildman–Crippen LogP) is 2.73. The second-order valence-electron chi connectivity index (χ2n) is 6.40. The quantitative estimate of drug-likeness (QED) is 0.429. The molecule has 1 fully saturated rings. The number of guanidine groups is 1. The molecule has 1 aliphatic rings. The van der Waals surface area contributed by atoms with Crippen LogP contribution in [0.2, 0.25) is 0 Å². The third kappa shape index (κ3) is 5.93. The van der Waals surface area contributed by atoms with Gasteiger partial charge in [0.05, 0.1) is 6.54 Å². The third-order valence-electron chi connectivity index (χ3n) is 4.44. The van der Waals surface area contributed by atoms with E-state index in [2.05, 4.69) is 29.5 Å². The molecule has 0 spiro atoms. The molecule has 0 radical (unpaired) electrons. The summed E-state index contributed by atoms with van der Waals surface area (Å²) in [5, 5.41) is 5.99. The van der Waals surface area contributed by atoms with Crippen molar-refractivity contribution in [2.24, 2.45) is 16.6 Å². The van der Waals surface area contributed by atoms with E-state index in [1.54, 1.807) is 0 Å². The second kappa shape index (κ2) is 8.56. The first-order valence-electron chi connectivity index (χ1n) is 8.45. The fourth-order valence-corrected chi connectivity index (χ4v) is 2.93. The summed E-state index contributed by atoms with van der Waals surface area (Å²) in [6, 6.07) is 6.07. The molecule has 5 heteroatoms. The lowest BCUT2D eigenvalue weighted by molar-refractivity contribution is -0.121. The van der Waals surface area contributed by atoms with Crippen LogP contribution in [0.3, 0.4) is 0 Å². The maximum absolute atomic E-state index is 11.8. The van der Waals surface area contributed by atoms with E-state index in [4.69, 9.17) is 5.73 Å². The molecule has 0 atom stereocenters. The van der Waals surface area contributed by atoms with Gasteiger partial charge in [-0.05, 0) is 55.9 Å². The molecule has 0 aliphatic heterocycles. The molecule has 1 aliphatic carbocycles. The molecule has 0 aromatic heterocycles. The second-order valence-corrected chi connectivity index (χ2v) is 6.40. The van der Waals surface area contributed by atoms with Crippen LogP contribution >= 0.6 is 0 Å². The van der Waals surface area contributed by atoms with E-state index < -0.39 is 0 Å². The van der Waals surface area contributed by atoms with Crippen molar-refractivity contribution in [1.82, 2.24) is 5.32 Å². The Labute approximate surface area is 138 Å². The first-order valence-corrected chi connectivity index (χ1v) is 8.45. The van der Waals surface area contributed by atoms with Gasteiger partial charge in [-0.2, -0.15) is 0 Å². The highest BCUT2D eigenvalue weighted by atomic mass is 16.1. The van der Waals surface area contributed by atoms with Gasteiger partial charge in [0.25, 0.3) is 0 Å². The van der Waals surface area contributed by atoms with E-state index in [0.717, 1.165) is 5.69 Å². The number of aryl methyl sites for hydroxylation is 2. The number of nitrogens with zero attached hydrogens (tertiary/aromatic N) is 1. The maximum atomic E-state index is 11.8. The van der Waals surface area contributed by atoms with E-state index in [9.17, 15) is 4.79 Å². The van der Waals surface area contributed by atoms with Crippen LogP contribution in [-0.2, 0) is 4.79 Å². The highest BCUT2D eigenvalue weighted by molar-refractivity contribution is 5.92. The summed E-state index contributed by atoms with van der Waals surface area (Å²) < 4.78 is 0. The van der Waals surface area contributed by atoms with Gasteiger partial charge in [0.2, 0.25) is 5.91 Å². The van der Waals surface area contributed by atoms with Gasteiger partial charge < -0.3 is 16.4 Å². The number of nitrogens with one attached hydrogen (secondary N) is 2. The Balaban J connectivity index is 1.67. The Morgan fingerprint density at radius 3 is 2.70 bits per heavy atom. The van der Waals surface area contributed by atoms with Gasteiger partial charge in [0.15, 0.2) is 5.96 Å². The van der Waals surface area contributed by atoms with Crippen molar-refractivity contribution in [1.29, 1.82) is 0 Å². The normalized spacial score (nSPS) is 15.7. The van der Waals surface area contributed by atoms with Crippen LogP contribution in [0.15, 0.2) is 23.2 Å². The van der Waals surface area contributed by atoms with E-state index in [1.807, 2.05) is 18.2 Å². The van der Waals surface area contributed by atoms with Crippen LogP contribution in [-0.4, -0.2) is 25.0 Å². The van der Waals surface area contributed by atoms with Crippen LogP contribution < -0.4 is 16.4 Å². The van der Waals surface area contributed by atoms with E-state index in [-0.39, 0.29) is 5.91 Å². The summed E-state index contributed by atoms with van der Waals surface area (Å²) in [6.07, 6.45) is 5.57. The van der Waals surface area contributed by atoms with E-state index in [0.29, 0.717) is 31.4 Å². The van der Waals surface area contributed by atoms with Crippen LogP contribution in [0.1, 0.15) is 43.2 Å². The molecular formula is C18H28N4O. The summed E-state index contributed by atoms with van der Waals surface area (Å²) in [5.41, 5.74) is 9.26. The molecule has 1 aromatic carbocycles. The Morgan fingerprint density at radius 1 is 1.26 bits per heavy atom. The molecule has 0 bridgehead atoms. The van der Waals surface area contributed by atoms with Gasteiger partial charge in [0.1, 0.15) is 0 Å². The van der Waals surface area contributed by atoms with Crippen molar-refractivity contribution in [3.8, 4) is 0 Å². The standard InChI is InChI=1S/C18H28N4O/c1-13-7-8-16(11-14(13)2)22-18(19)21-10-9-20-17(23)12-15-5-3-4-6-15/h7-8,11,15H,3-6,9-10,12H2,1-2H3,(H,20,23)(H3,19,21,22). The first kappa shape index (κ1) is 17.3. The molecule has 126 valence electrons. The van der Waals surface area contributed by atoms with Gasteiger partial charge in [-0.3, -0.25) is 9.79 Å². The van der Waals surface area contributed by atoms with Crippen molar-refractivity contribution in [2.75, 3.05) is 18.4 Å². The molecule has 1 saturated carbocycles. The number of carbonyl (C=O) groups excluding carboxylic acids is 1. The van der Waals surface area contributed by atoms with Crippen LogP contribution in [0.4, 0.5) is 5.69 Å². The highest BCUT2D eigenvalue weighted by Crippen LogP contribution is 2.27. The Bertz CT molecular complexity index is 562. The summed E-state index contributed by atoms with van der Waals surface area (Å²) >= 11 is 0. The van der Waals surface area contributed by atoms with Gasteiger partial charge in [-0.1, -0.05) is 18.9 Å². The molecule has 5 nitrogen and oxygen atoms in total. The summed E-state index contributed by atoms with van der Waals surface area (Å²) in [7, 11) is 0. The zero-order valence-corrected chi connectivity index (χ0v) is 14.2. The minimum atomic E-state index is 0.132. The van der Waals surface area contributed by atoms with Crippen molar-refractivity contribution in [3.05, 3.63) is 29.3 Å². The topological polar surface area (TPSA) is 79.5 Å². The zero-order valence-electron chi connectivity index (χ0n) is 14.2. The lowest BCUT2D eigenvalue weighted by Gasteiger charge is -2.10. The van der Waals surface area contributed by atoms with Crippen LogP contribution in [0, 0.1) is 19.8 Å². The monoisotopic (exact) mass is 316 g/mol. The Hall–Kier alpha value is -2.04. The van der Waals surface area contributed by atoms with E-state index >= 15 is 0 Å². The number of benzene rings is 1. The predicted molar refractivity (Wildman–Crippen MR) is 95.6 cm³/mol. The lowest BCUT2D eigenvalue weighted by atomic mass is 10.0. The number of hydrogen-bond acceptors (Lipinski definition) is 2. The fraction of sp³-hybridized carbons (Fsp3) is 0.556. The average molecular weight is 316 g/mol. The molecule has 0 heterocycles. The molecule has 4 N–H and O–H groups in total. The number of nitrogens with two attached hydrogens (primary N) is 1. The van der Waals surface area contributed by atoms with Gasteiger partial charge in [-0.25, -0.2) is 0 Å². The lowest BCUT2D eigenvalue weighted by Crippen LogP contribution is -2.29. The first-order chi connectivity index (χ1) is 11.0. The number of carbonyl (C=O) groups is 1. The van der Waals surface area contributed by atoms with Crippen molar-refractivity contribution in [3.63, 3.8) is 0 Å². The molecule has 1 amide bonds. The Morgan fingerprint density at radius 2 is 2.00 bits per heavy atom. The van der Waals surface area contributed by atoms with Crippen molar-refractivity contribution in [2.45, 2.75) is 46.0 Å². The summed E-state index contributed by atoms with van der Waals surface area (Å²) in [5.74, 6) is 1.08. The molecule has 23 heavy (non-hydrogen) atoms. The van der Waals surface area contributed by atoms with Gasteiger partial charge >= 0.3 is 0 Å². The van der Waals surface area contributed by atoms with Crippen LogP contribution in [0.5, 0.6) is 0 Å². The number of amides is 1. The van der Waals surface area contributed by atoms with Gasteiger partial charge in [-0.15, -0.1) is 0 Å². The molecule has 0 unspecified atom stereocenters. The SMILES string of the molecule is Cc1ccc(NC(N)=NCCNC(=O)CC2CCCC2)cc1C. The molecular weight excluding hydrogens is 288 g/mol. The number of rotatable bonds is 6. The number of hydrogen-bond donors (Lipinski definition) is 3. The molecule has 2 rings (SSSR count). The summed E-state index contributed by atoms with van der Waals surface area (Å²) in [4.78, 5) is 16.0. The minimum Gasteiger partial charge on any atom is -0.370 e. The third-order valence-corrected chi connectivity index (χ3v) is 4.44. The summed E-state index contributed by atoms with van der Waals surface area (Å²) in [6.45, 7) is 5.15. The van der Waals surface area contributed by atoms with E-state index in [1.165, 1.54) is 36.8 Å². The Kier molecular flexibility index (Phi) is 6.44. The average Bonchev–Trinajstić information content (AvgIpc) is 3.00. The fourth-order valence-electron chi connectivity index (χ4n) is 2.93. The molecule has 1 aromatic rings. The van der Waals surface area contributed by atoms with Crippen LogP contribution in [0.25, 0.3) is 0 Å². The van der Waals surface area contributed by atoms with Gasteiger partial charge in [0, 0.05) is 18.7 Å². The number of anilines is 1. The zero-order chi connectivity index (χ0) is 16.7. The maximum Gasteiger partial charge on any atom is 0.220 e. The number of aliphatic imine (C=N–C) groups is 1. The molecule has 0 saturated heterocycles. The van der Waals surface area contributed by atoms with Crippen molar-refractivity contribution >= 4 is 17.6 Å². The largest absolute Gasteiger partial charge is 0.370 e. The smallest absolute Gasteiger partial charge is 0.220 e. The minimum absolute atomic E-state index is 0.132. The van der Waals surface area contributed by atoms with Crippen molar-refractivity contribution < 1.29 is 4.79 Å².